The molecular weight excluding hydrogens is 360 g/mol. The van der Waals surface area contributed by atoms with Crippen molar-refractivity contribution in [3.63, 3.8) is 0 Å². The number of piperazine rings is 1. The molecule has 1 aromatic carbocycles. The van der Waals surface area contributed by atoms with Gasteiger partial charge in [0.25, 0.3) is 0 Å². The Hall–Kier alpha value is -1.99. The largest absolute Gasteiger partial charge is 0.492 e. The van der Waals surface area contributed by atoms with Gasteiger partial charge in [-0.1, -0.05) is 11.6 Å². The predicted octanol–water partition coefficient (Wildman–Crippen LogP) is 2.58. The first kappa shape index (κ1) is 18.8. The number of carbonyl (C=O) groups excluding carboxylic acids is 1. The summed E-state index contributed by atoms with van der Waals surface area (Å²) in [6.45, 7) is 3.27. The van der Waals surface area contributed by atoms with Crippen molar-refractivity contribution in [2.45, 2.75) is 18.9 Å². The van der Waals surface area contributed by atoms with Gasteiger partial charge < -0.3 is 19.5 Å². The molecule has 142 valence electrons. The average molecular weight is 383 g/mol. The lowest BCUT2D eigenvalue weighted by atomic mass is 9.79. The van der Waals surface area contributed by atoms with Gasteiger partial charge in [0.2, 0.25) is 0 Å². The van der Waals surface area contributed by atoms with Crippen LogP contribution in [0.15, 0.2) is 18.2 Å². The standard InChI is InChI=1S/C18H23ClN2O5/c1-25-17(22)13-2-3-15(19)16(10-13)26-11-12-8-14(9-12)20-4-6-21(7-5-20)18(23)24/h2-3,10,12,14H,4-9,11H2,1H3,(H,23,24)/t12-,14+. The molecule has 0 spiro atoms. The number of rotatable bonds is 5. The fourth-order valence-electron chi connectivity index (χ4n) is 3.48. The Bertz CT molecular complexity index is 670. The lowest BCUT2D eigenvalue weighted by Gasteiger charge is -2.45. The third-order valence-electron chi connectivity index (χ3n) is 5.14. The van der Waals surface area contributed by atoms with Gasteiger partial charge in [0, 0.05) is 32.2 Å². The number of esters is 1. The van der Waals surface area contributed by atoms with Gasteiger partial charge in [0.1, 0.15) is 5.75 Å². The minimum Gasteiger partial charge on any atom is -0.492 e. The van der Waals surface area contributed by atoms with E-state index in [2.05, 4.69) is 4.90 Å². The smallest absolute Gasteiger partial charge is 0.407 e. The maximum Gasteiger partial charge on any atom is 0.407 e. The Morgan fingerprint density at radius 3 is 2.54 bits per heavy atom. The highest BCUT2D eigenvalue weighted by Gasteiger charge is 2.36. The van der Waals surface area contributed by atoms with Crippen LogP contribution in [0, 0.1) is 5.92 Å². The Morgan fingerprint density at radius 1 is 1.23 bits per heavy atom. The molecule has 1 saturated heterocycles. The average Bonchev–Trinajstić information content (AvgIpc) is 2.61. The molecule has 1 aliphatic carbocycles. The summed E-state index contributed by atoms with van der Waals surface area (Å²) in [6.07, 6.45) is 1.22. The topological polar surface area (TPSA) is 79.3 Å². The molecule has 1 amide bonds. The van der Waals surface area contributed by atoms with Crippen LogP contribution in [-0.2, 0) is 4.74 Å². The fraction of sp³-hybridized carbons (Fsp3) is 0.556. The molecule has 3 rings (SSSR count). The molecule has 1 heterocycles. The number of benzene rings is 1. The Balaban J connectivity index is 1.44. The molecule has 0 radical (unpaired) electrons. The van der Waals surface area contributed by atoms with Crippen LogP contribution < -0.4 is 4.74 Å². The van der Waals surface area contributed by atoms with E-state index in [-0.39, 0.29) is 0 Å². The van der Waals surface area contributed by atoms with E-state index in [1.165, 1.54) is 12.0 Å². The Morgan fingerprint density at radius 2 is 1.92 bits per heavy atom. The van der Waals surface area contributed by atoms with Gasteiger partial charge in [-0.2, -0.15) is 0 Å². The molecule has 1 aliphatic heterocycles. The Labute approximate surface area is 157 Å². The molecule has 1 saturated carbocycles. The van der Waals surface area contributed by atoms with Crippen LogP contribution in [0.4, 0.5) is 4.79 Å². The Kier molecular flexibility index (Phi) is 5.88. The molecule has 2 aliphatic rings. The number of ether oxygens (including phenoxy) is 2. The monoisotopic (exact) mass is 382 g/mol. The first-order valence-corrected chi connectivity index (χ1v) is 9.08. The number of halogens is 1. The van der Waals surface area contributed by atoms with Crippen molar-refractivity contribution in [2.24, 2.45) is 5.92 Å². The van der Waals surface area contributed by atoms with Crippen molar-refractivity contribution >= 4 is 23.7 Å². The van der Waals surface area contributed by atoms with Crippen molar-refractivity contribution < 1.29 is 24.2 Å². The molecule has 1 aromatic rings. The van der Waals surface area contributed by atoms with E-state index in [0.29, 0.717) is 48.0 Å². The zero-order chi connectivity index (χ0) is 18.7. The van der Waals surface area contributed by atoms with Crippen LogP contribution in [0.25, 0.3) is 0 Å². The van der Waals surface area contributed by atoms with Crippen LogP contribution in [0.5, 0.6) is 5.75 Å². The summed E-state index contributed by atoms with van der Waals surface area (Å²) >= 11 is 6.14. The minimum absolute atomic E-state index is 0.412. The molecule has 0 bridgehead atoms. The van der Waals surface area contributed by atoms with Crippen LogP contribution in [0.3, 0.4) is 0 Å². The normalized spacial score (nSPS) is 23.2. The second-order valence-electron chi connectivity index (χ2n) is 6.74. The highest BCUT2D eigenvalue weighted by molar-refractivity contribution is 6.32. The minimum atomic E-state index is -0.837. The maximum absolute atomic E-state index is 11.6. The number of carboxylic acid groups (broad SMARTS) is 1. The van der Waals surface area contributed by atoms with E-state index >= 15 is 0 Å². The first-order valence-electron chi connectivity index (χ1n) is 8.70. The summed E-state index contributed by atoms with van der Waals surface area (Å²) in [7, 11) is 1.34. The summed E-state index contributed by atoms with van der Waals surface area (Å²) < 4.78 is 10.5. The molecular formula is C18H23ClN2O5. The fourth-order valence-corrected chi connectivity index (χ4v) is 3.65. The predicted molar refractivity (Wildman–Crippen MR) is 96.0 cm³/mol. The first-order chi connectivity index (χ1) is 12.5. The number of methoxy groups -OCH3 is 1. The van der Waals surface area contributed by atoms with E-state index in [0.717, 1.165) is 25.9 Å². The highest BCUT2D eigenvalue weighted by atomic mass is 35.5. The van der Waals surface area contributed by atoms with Gasteiger partial charge in [-0.3, -0.25) is 4.90 Å². The molecule has 8 heteroatoms. The zero-order valence-electron chi connectivity index (χ0n) is 14.7. The van der Waals surface area contributed by atoms with E-state index in [4.69, 9.17) is 26.2 Å². The quantitative estimate of drug-likeness (QED) is 0.788. The second kappa shape index (κ2) is 8.14. The molecule has 0 atom stereocenters. The lowest BCUT2D eigenvalue weighted by molar-refractivity contribution is 0.0203. The summed E-state index contributed by atoms with van der Waals surface area (Å²) in [5, 5.41) is 9.47. The number of hydrogen-bond acceptors (Lipinski definition) is 5. The third-order valence-corrected chi connectivity index (χ3v) is 5.45. The van der Waals surface area contributed by atoms with E-state index in [1.807, 2.05) is 0 Å². The van der Waals surface area contributed by atoms with Gasteiger partial charge >= 0.3 is 12.1 Å². The molecule has 0 unspecified atom stereocenters. The van der Waals surface area contributed by atoms with Gasteiger partial charge in [-0.25, -0.2) is 9.59 Å². The summed E-state index contributed by atoms with van der Waals surface area (Å²) in [6, 6.07) is 5.35. The number of amides is 1. The van der Waals surface area contributed by atoms with Crippen LogP contribution in [-0.4, -0.2) is 72.9 Å². The third kappa shape index (κ3) is 4.22. The number of carbonyl (C=O) groups is 2. The van der Waals surface area contributed by atoms with Crippen molar-refractivity contribution in [3.05, 3.63) is 28.8 Å². The van der Waals surface area contributed by atoms with Crippen molar-refractivity contribution in [1.82, 2.24) is 9.80 Å². The van der Waals surface area contributed by atoms with Crippen molar-refractivity contribution in [3.8, 4) is 5.75 Å². The van der Waals surface area contributed by atoms with E-state index < -0.39 is 12.1 Å². The zero-order valence-corrected chi connectivity index (χ0v) is 15.4. The summed E-state index contributed by atoms with van der Waals surface area (Å²) in [4.78, 5) is 26.4. The summed E-state index contributed by atoms with van der Waals surface area (Å²) in [5.74, 6) is 0.513. The van der Waals surface area contributed by atoms with Gasteiger partial charge in [0.05, 0.1) is 24.3 Å². The van der Waals surface area contributed by atoms with Gasteiger partial charge in [-0.15, -0.1) is 0 Å². The lowest BCUT2D eigenvalue weighted by Crippen LogP contribution is -2.55. The molecule has 1 N–H and O–H groups in total. The highest BCUT2D eigenvalue weighted by Crippen LogP contribution is 2.34. The summed E-state index contributed by atoms with van der Waals surface area (Å²) in [5.41, 5.74) is 0.412. The molecule has 26 heavy (non-hydrogen) atoms. The molecule has 2 fully saturated rings. The molecule has 0 aromatic heterocycles. The van der Waals surface area contributed by atoms with Gasteiger partial charge in [0.15, 0.2) is 0 Å². The second-order valence-corrected chi connectivity index (χ2v) is 7.15. The van der Waals surface area contributed by atoms with Crippen LogP contribution >= 0.6 is 11.6 Å². The van der Waals surface area contributed by atoms with Gasteiger partial charge in [-0.05, 0) is 37.0 Å². The van der Waals surface area contributed by atoms with Crippen molar-refractivity contribution in [1.29, 1.82) is 0 Å². The van der Waals surface area contributed by atoms with Crippen LogP contribution in [0.1, 0.15) is 23.2 Å². The number of nitrogens with zero attached hydrogens (tertiary/aromatic N) is 2. The SMILES string of the molecule is COC(=O)c1ccc(Cl)c(OC[C@H]2C[C@@H](N3CCN(C(=O)O)CC3)C2)c1. The maximum atomic E-state index is 11.6. The number of hydrogen-bond donors (Lipinski definition) is 1. The van der Waals surface area contributed by atoms with E-state index in [1.54, 1.807) is 18.2 Å². The van der Waals surface area contributed by atoms with Crippen molar-refractivity contribution in [2.75, 3.05) is 39.9 Å². The molecule has 7 nitrogen and oxygen atoms in total. The van der Waals surface area contributed by atoms with Crippen LogP contribution in [0.2, 0.25) is 5.02 Å². The van der Waals surface area contributed by atoms with E-state index in [9.17, 15) is 9.59 Å².